The van der Waals surface area contributed by atoms with Crippen LogP contribution >= 0.6 is 0 Å². The van der Waals surface area contributed by atoms with Crippen LogP contribution in [0.1, 0.15) is 95.1 Å². The highest BCUT2D eigenvalue weighted by Gasteiger charge is 2.66. The summed E-state index contributed by atoms with van der Waals surface area (Å²) in [7, 11) is 0. The number of carbonyl (C=O) groups excluding carboxylic acids is 2. The van der Waals surface area contributed by atoms with E-state index in [9.17, 15) is 9.59 Å². The first-order valence-electron chi connectivity index (χ1n) is 15.0. The van der Waals surface area contributed by atoms with Gasteiger partial charge in [-0.05, 0) is 97.5 Å². The zero-order chi connectivity index (χ0) is 26.5. The number of rotatable bonds is 6. The van der Waals surface area contributed by atoms with Gasteiger partial charge in [-0.3, -0.25) is 9.59 Å². The van der Waals surface area contributed by atoms with Crippen molar-refractivity contribution >= 4 is 11.8 Å². The topological polar surface area (TPSA) is 72.2 Å². The highest BCUT2D eigenvalue weighted by molar-refractivity contribution is 5.82. The third-order valence-electron chi connectivity index (χ3n) is 12.2. The third-order valence-corrected chi connectivity index (χ3v) is 12.2. The first-order valence-corrected chi connectivity index (χ1v) is 15.0. The summed E-state index contributed by atoms with van der Waals surface area (Å²) < 4.78 is 0. The Morgan fingerprint density at radius 1 is 0.895 bits per heavy atom. The van der Waals surface area contributed by atoms with Crippen molar-refractivity contribution in [2.24, 2.45) is 39.7 Å². The molecular weight excluding hydrogens is 468 g/mol. The van der Waals surface area contributed by atoms with Crippen LogP contribution in [-0.2, 0) is 9.59 Å². The molecule has 202 valence electrons. The van der Waals surface area contributed by atoms with Gasteiger partial charge in [-0.15, -0.1) is 0 Å². The quantitative estimate of drug-likeness (QED) is 0.458. The molecule has 4 nitrogen and oxygen atoms in total. The van der Waals surface area contributed by atoms with Gasteiger partial charge >= 0.3 is 0 Å². The van der Waals surface area contributed by atoms with Crippen LogP contribution in [0.15, 0.2) is 60.7 Å². The second-order valence-corrected chi connectivity index (χ2v) is 13.4. The second kappa shape index (κ2) is 9.54. The Labute approximate surface area is 228 Å². The van der Waals surface area contributed by atoms with Gasteiger partial charge in [0.25, 0.3) is 0 Å². The van der Waals surface area contributed by atoms with Crippen molar-refractivity contribution in [3.63, 3.8) is 0 Å². The molecule has 0 spiro atoms. The number of fused-ring (bicyclic) bond motifs is 5. The lowest BCUT2D eigenvalue weighted by Crippen LogP contribution is -2.62. The molecule has 3 saturated carbocycles. The van der Waals surface area contributed by atoms with Gasteiger partial charge in [-0.2, -0.15) is 0 Å². The van der Waals surface area contributed by atoms with Gasteiger partial charge in [0.15, 0.2) is 0 Å². The highest BCUT2D eigenvalue weighted by atomic mass is 16.2. The van der Waals surface area contributed by atoms with Gasteiger partial charge in [0.1, 0.15) is 0 Å². The number of carbonyl (C=O) groups is 2. The standard InChI is InChI=1S/C34H44N2O2/c1-32-19-18-30(37)36-29(32)14-13-26-27(32)16-20-33(2)28(26)17-22-34(33,31(35)38)21-15-25(23-9-5-3-6-10-23)24-11-7-4-8-12-24/h3-12,25-29H,13-22H2,1-2H3,(H2,35,38)(H,36,37)/t26-,27-,28+,29?,32-,33+,34?/m1/s1. The van der Waals surface area contributed by atoms with E-state index in [1.807, 2.05) is 0 Å². The first-order chi connectivity index (χ1) is 18.3. The number of nitrogens with one attached hydrogen (secondary N) is 1. The van der Waals surface area contributed by atoms with Crippen LogP contribution in [0.25, 0.3) is 0 Å². The molecule has 4 heteroatoms. The molecule has 1 heterocycles. The fourth-order valence-corrected chi connectivity index (χ4v) is 10.1. The van der Waals surface area contributed by atoms with E-state index in [4.69, 9.17) is 5.73 Å². The van der Waals surface area contributed by atoms with Crippen LogP contribution in [-0.4, -0.2) is 17.9 Å². The molecule has 2 aromatic rings. The Bertz CT molecular complexity index is 1140. The van der Waals surface area contributed by atoms with E-state index in [2.05, 4.69) is 79.8 Å². The lowest BCUT2D eigenvalue weighted by atomic mass is 9.45. The Morgan fingerprint density at radius 3 is 2.16 bits per heavy atom. The largest absolute Gasteiger partial charge is 0.369 e. The van der Waals surface area contributed by atoms with Crippen LogP contribution in [0.2, 0.25) is 0 Å². The summed E-state index contributed by atoms with van der Waals surface area (Å²) in [6, 6.07) is 21.8. The van der Waals surface area contributed by atoms with Crippen molar-refractivity contribution in [1.82, 2.24) is 5.32 Å². The summed E-state index contributed by atoms with van der Waals surface area (Å²) in [5.74, 6) is 2.20. The zero-order valence-electron chi connectivity index (χ0n) is 23.1. The predicted molar refractivity (Wildman–Crippen MR) is 151 cm³/mol. The van der Waals surface area contributed by atoms with Crippen molar-refractivity contribution in [3.05, 3.63) is 71.8 Å². The van der Waals surface area contributed by atoms with Crippen LogP contribution in [0, 0.1) is 34.0 Å². The lowest BCUT2D eigenvalue weighted by Gasteiger charge is -2.61. The Kier molecular flexibility index (Phi) is 6.44. The maximum Gasteiger partial charge on any atom is 0.224 e. The molecule has 4 aliphatic rings. The van der Waals surface area contributed by atoms with Crippen molar-refractivity contribution in [2.45, 2.75) is 90.0 Å². The SMILES string of the molecule is C[C@]12CCC(=O)NC1CC[C@@H]1[C@H]2CC[C@@]2(C)[C@H]1CCC2(CCC(c1ccccc1)c1ccccc1)C(N)=O. The molecule has 1 aliphatic heterocycles. The van der Waals surface area contributed by atoms with Crippen LogP contribution in [0.3, 0.4) is 0 Å². The molecule has 2 amide bonds. The molecule has 38 heavy (non-hydrogen) atoms. The predicted octanol–water partition coefficient (Wildman–Crippen LogP) is 6.59. The molecule has 4 fully saturated rings. The molecule has 0 bridgehead atoms. The Hall–Kier alpha value is -2.62. The molecule has 0 radical (unpaired) electrons. The Morgan fingerprint density at radius 2 is 1.53 bits per heavy atom. The van der Waals surface area contributed by atoms with E-state index >= 15 is 0 Å². The van der Waals surface area contributed by atoms with E-state index in [-0.39, 0.29) is 28.6 Å². The number of nitrogens with two attached hydrogens (primary N) is 1. The summed E-state index contributed by atoms with van der Waals surface area (Å²) >= 11 is 0. The smallest absolute Gasteiger partial charge is 0.224 e. The molecule has 1 saturated heterocycles. The van der Waals surface area contributed by atoms with Crippen molar-refractivity contribution < 1.29 is 9.59 Å². The van der Waals surface area contributed by atoms with Gasteiger partial charge in [-0.1, -0.05) is 74.5 Å². The highest BCUT2D eigenvalue weighted by Crippen LogP contribution is 2.70. The van der Waals surface area contributed by atoms with E-state index in [0.29, 0.717) is 30.2 Å². The monoisotopic (exact) mass is 512 g/mol. The average molecular weight is 513 g/mol. The maximum atomic E-state index is 13.5. The molecule has 2 unspecified atom stereocenters. The van der Waals surface area contributed by atoms with Gasteiger partial charge < -0.3 is 11.1 Å². The number of benzene rings is 2. The number of hydrogen-bond acceptors (Lipinski definition) is 2. The molecule has 3 aliphatic carbocycles. The number of piperidine rings is 1. The summed E-state index contributed by atoms with van der Waals surface area (Å²) in [6.07, 6.45) is 9.91. The second-order valence-electron chi connectivity index (χ2n) is 13.4. The summed E-state index contributed by atoms with van der Waals surface area (Å²) in [5, 5.41) is 3.35. The van der Waals surface area contributed by atoms with Crippen LogP contribution in [0.5, 0.6) is 0 Å². The minimum Gasteiger partial charge on any atom is -0.369 e. The molecule has 6 rings (SSSR count). The van der Waals surface area contributed by atoms with Crippen molar-refractivity contribution in [2.75, 3.05) is 0 Å². The van der Waals surface area contributed by atoms with E-state index in [1.54, 1.807) is 0 Å². The van der Waals surface area contributed by atoms with Gasteiger partial charge in [-0.25, -0.2) is 0 Å². The first kappa shape index (κ1) is 25.6. The zero-order valence-corrected chi connectivity index (χ0v) is 23.1. The van der Waals surface area contributed by atoms with Crippen LogP contribution in [0.4, 0.5) is 0 Å². The number of amides is 2. The third kappa shape index (κ3) is 3.85. The summed E-state index contributed by atoms with van der Waals surface area (Å²) in [6.45, 7) is 4.86. The molecule has 3 N–H and O–H groups in total. The summed E-state index contributed by atoms with van der Waals surface area (Å²) in [4.78, 5) is 25.7. The van der Waals surface area contributed by atoms with E-state index < -0.39 is 5.41 Å². The molecule has 2 aromatic carbocycles. The molecular formula is C34H44N2O2. The minimum atomic E-state index is -0.455. The van der Waals surface area contributed by atoms with Gasteiger partial charge in [0.05, 0.1) is 5.41 Å². The minimum absolute atomic E-state index is 0.0565. The van der Waals surface area contributed by atoms with Crippen molar-refractivity contribution in [3.8, 4) is 0 Å². The average Bonchev–Trinajstić information content (AvgIpc) is 3.24. The number of primary amides is 1. The van der Waals surface area contributed by atoms with E-state index in [1.165, 1.54) is 11.1 Å². The van der Waals surface area contributed by atoms with Crippen molar-refractivity contribution in [1.29, 1.82) is 0 Å². The van der Waals surface area contributed by atoms with E-state index in [0.717, 1.165) is 57.8 Å². The fraction of sp³-hybridized carbons (Fsp3) is 0.588. The normalized spacial score (nSPS) is 38.1. The van der Waals surface area contributed by atoms with Crippen LogP contribution < -0.4 is 11.1 Å². The summed E-state index contributed by atoms with van der Waals surface area (Å²) in [5.41, 5.74) is 8.71. The van der Waals surface area contributed by atoms with Gasteiger partial charge in [0.2, 0.25) is 11.8 Å². The number of hydrogen-bond donors (Lipinski definition) is 2. The Balaban J connectivity index is 1.29. The maximum absolute atomic E-state index is 13.5. The van der Waals surface area contributed by atoms with Gasteiger partial charge in [0, 0.05) is 18.4 Å². The molecule has 0 aromatic heterocycles. The fourth-order valence-electron chi connectivity index (χ4n) is 10.1. The molecule has 7 atom stereocenters. The lowest BCUT2D eigenvalue weighted by molar-refractivity contribution is -0.151.